The fourth-order valence-corrected chi connectivity index (χ4v) is 2.18. The van der Waals surface area contributed by atoms with Crippen molar-refractivity contribution < 1.29 is 0 Å². The van der Waals surface area contributed by atoms with Crippen molar-refractivity contribution >= 4 is 24.2 Å². The van der Waals surface area contributed by atoms with Crippen molar-refractivity contribution in [2.24, 2.45) is 5.41 Å². The predicted molar refractivity (Wildman–Crippen MR) is 80.1 cm³/mol. The maximum atomic E-state index is 6.02. The number of halogens is 1. The maximum Gasteiger partial charge on any atom is 0.0409 e. The van der Waals surface area contributed by atoms with E-state index in [1.165, 1.54) is 5.56 Å². The van der Waals surface area contributed by atoms with Crippen LogP contribution in [0.25, 0.3) is 0 Å². The van der Waals surface area contributed by atoms with Gasteiger partial charge in [-0.1, -0.05) is 37.6 Å². The minimum atomic E-state index is 0.227. The summed E-state index contributed by atoms with van der Waals surface area (Å²) in [7, 11) is 2.15. The molecule has 1 aromatic carbocycles. The molecule has 0 fully saturated rings. The van der Waals surface area contributed by atoms with Crippen molar-refractivity contribution in [2.75, 3.05) is 19.3 Å². The number of hydrogen-bond donors (Lipinski definition) is 1. The van der Waals surface area contributed by atoms with Gasteiger partial charge in [0, 0.05) is 17.6 Å². The molecular weight excluding hydrogens is 250 g/mol. The second-order valence-electron chi connectivity index (χ2n) is 5.47. The summed E-state index contributed by atoms with van der Waals surface area (Å²) in [4.78, 5) is 2.35. The summed E-state index contributed by atoms with van der Waals surface area (Å²) in [5, 5.41) is 0.802. The van der Waals surface area contributed by atoms with Crippen molar-refractivity contribution in [1.29, 1.82) is 0 Å². The number of hydrogen-bond acceptors (Lipinski definition) is 2. The summed E-state index contributed by atoms with van der Waals surface area (Å²) in [6, 6.07) is 8.45. The van der Waals surface area contributed by atoms with Crippen LogP contribution in [0.1, 0.15) is 32.4 Å². The normalized spacial score (nSPS) is 14.1. The van der Waals surface area contributed by atoms with Gasteiger partial charge in [0.05, 0.1) is 0 Å². The molecule has 0 saturated heterocycles. The Morgan fingerprint density at radius 3 is 2.59 bits per heavy atom. The zero-order valence-electron chi connectivity index (χ0n) is 11.1. The molecule has 0 aliphatic rings. The SMILES string of the molecule is CC(c1cccc(Cl)c1)N(C)CC(C)(C)CS. The smallest absolute Gasteiger partial charge is 0.0409 e. The fraction of sp³-hybridized carbons (Fsp3) is 0.571. The van der Waals surface area contributed by atoms with Crippen LogP contribution in [0.5, 0.6) is 0 Å². The van der Waals surface area contributed by atoms with Gasteiger partial charge in [0.25, 0.3) is 0 Å². The van der Waals surface area contributed by atoms with Crippen molar-refractivity contribution in [3.8, 4) is 0 Å². The van der Waals surface area contributed by atoms with E-state index >= 15 is 0 Å². The second-order valence-corrected chi connectivity index (χ2v) is 6.22. The first kappa shape index (κ1) is 14.9. The fourth-order valence-electron chi connectivity index (χ4n) is 1.88. The summed E-state index contributed by atoms with van der Waals surface area (Å²) in [6.07, 6.45) is 0. The lowest BCUT2D eigenvalue weighted by Crippen LogP contribution is -2.34. The quantitative estimate of drug-likeness (QED) is 0.782. The summed E-state index contributed by atoms with van der Waals surface area (Å²) >= 11 is 10.4. The highest BCUT2D eigenvalue weighted by Crippen LogP contribution is 2.26. The Morgan fingerprint density at radius 2 is 2.06 bits per heavy atom. The van der Waals surface area contributed by atoms with Crippen LogP contribution in [0, 0.1) is 5.41 Å². The molecule has 1 rings (SSSR count). The molecule has 0 amide bonds. The number of benzene rings is 1. The van der Waals surface area contributed by atoms with E-state index in [9.17, 15) is 0 Å². The van der Waals surface area contributed by atoms with Gasteiger partial charge in [-0.25, -0.2) is 0 Å². The molecule has 1 aromatic rings. The van der Waals surface area contributed by atoms with Gasteiger partial charge < -0.3 is 0 Å². The van der Waals surface area contributed by atoms with Crippen LogP contribution in [-0.2, 0) is 0 Å². The molecule has 1 unspecified atom stereocenters. The number of rotatable bonds is 5. The minimum Gasteiger partial charge on any atom is -0.299 e. The first-order valence-corrected chi connectivity index (χ1v) is 6.93. The lowest BCUT2D eigenvalue weighted by atomic mass is 9.94. The Balaban J connectivity index is 2.73. The molecule has 0 spiro atoms. The van der Waals surface area contributed by atoms with Gasteiger partial charge >= 0.3 is 0 Å². The van der Waals surface area contributed by atoms with Crippen LogP contribution >= 0.6 is 24.2 Å². The molecule has 1 atom stereocenters. The highest BCUT2D eigenvalue weighted by atomic mass is 35.5. The van der Waals surface area contributed by atoms with E-state index in [1.54, 1.807) is 0 Å². The van der Waals surface area contributed by atoms with Crippen LogP contribution in [0.2, 0.25) is 5.02 Å². The van der Waals surface area contributed by atoms with Crippen molar-refractivity contribution in [2.45, 2.75) is 26.8 Å². The average molecular weight is 272 g/mol. The standard InChI is InChI=1S/C14H22ClNS/c1-11(12-6-5-7-13(15)8-12)16(4)9-14(2,3)10-17/h5-8,11,17H,9-10H2,1-4H3. The van der Waals surface area contributed by atoms with Crippen molar-refractivity contribution in [1.82, 2.24) is 4.90 Å². The molecule has 1 nitrogen and oxygen atoms in total. The number of thiol groups is 1. The van der Waals surface area contributed by atoms with Gasteiger partial charge in [0.2, 0.25) is 0 Å². The van der Waals surface area contributed by atoms with Crippen LogP contribution in [-0.4, -0.2) is 24.2 Å². The Morgan fingerprint density at radius 1 is 1.41 bits per heavy atom. The predicted octanol–water partition coefficient (Wildman–Crippen LogP) is 4.29. The summed E-state index contributed by atoms with van der Waals surface area (Å²) in [5.74, 6) is 0.888. The van der Waals surface area contributed by atoms with Crippen LogP contribution in [0.3, 0.4) is 0 Å². The molecule has 0 N–H and O–H groups in total. The van der Waals surface area contributed by atoms with Crippen molar-refractivity contribution in [3.05, 3.63) is 34.9 Å². The Bertz CT molecular complexity index is 365. The van der Waals surface area contributed by atoms with E-state index in [0.717, 1.165) is 17.3 Å². The molecule has 3 heteroatoms. The van der Waals surface area contributed by atoms with E-state index in [1.807, 2.05) is 18.2 Å². The Labute approximate surface area is 116 Å². The molecule has 17 heavy (non-hydrogen) atoms. The molecule has 0 heterocycles. The highest BCUT2D eigenvalue weighted by molar-refractivity contribution is 7.80. The lowest BCUT2D eigenvalue weighted by Gasteiger charge is -2.33. The molecule has 0 aliphatic heterocycles. The largest absolute Gasteiger partial charge is 0.299 e. The third-order valence-corrected chi connectivity index (χ3v) is 4.19. The third-order valence-electron chi connectivity index (χ3n) is 3.10. The van der Waals surface area contributed by atoms with Gasteiger partial charge in [-0.3, -0.25) is 4.90 Å². The van der Waals surface area contributed by atoms with Gasteiger partial charge in [-0.15, -0.1) is 0 Å². The maximum absolute atomic E-state index is 6.02. The third kappa shape index (κ3) is 4.53. The summed E-state index contributed by atoms with van der Waals surface area (Å²) < 4.78 is 0. The van der Waals surface area contributed by atoms with Crippen molar-refractivity contribution in [3.63, 3.8) is 0 Å². The Hall–Kier alpha value is -0.180. The summed E-state index contributed by atoms with van der Waals surface area (Å²) in [6.45, 7) is 7.70. The van der Waals surface area contributed by atoms with E-state index in [0.29, 0.717) is 6.04 Å². The van der Waals surface area contributed by atoms with Crippen LogP contribution in [0.4, 0.5) is 0 Å². The highest BCUT2D eigenvalue weighted by Gasteiger charge is 2.21. The minimum absolute atomic E-state index is 0.227. The second kappa shape index (κ2) is 6.12. The molecule has 0 aliphatic carbocycles. The molecule has 0 bridgehead atoms. The van der Waals surface area contributed by atoms with Crippen LogP contribution in [0.15, 0.2) is 24.3 Å². The van der Waals surface area contributed by atoms with Gasteiger partial charge in [0.1, 0.15) is 0 Å². The van der Waals surface area contributed by atoms with Crippen LogP contribution < -0.4 is 0 Å². The zero-order valence-corrected chi connectivity index (χ0v) is 12.7. The van der Waals surface area contributed by atoms with Gasteiger partial charge in [0.15, 0.2) is 0 Å². The monoisotopic (exact) mass is 271 g/mol. The lowest BCUT2D eigenvalue weighted by molar-refractivity contribution is 0.185. The van der Waals surface area contributed by atoms with E-state index in [-0.39, 0.29) is 5.41 Å². The first-order valence-electron chi connectivity index (χ1n) is 5.92. The topological polar surface area (TPSA) is 3.24 Å². The number of nitrogens with zero attached hydrogens (tertiary/aromatic N) is 1. The summed E-state index contributed by atoms with van der Waals surface area (Å²) in [5.41, 5.74) is 1.49. The van der Waals surface area contributed by atoms with E-state index in [2.05, 4.69) is 51.4 Å². The van der Waals surface area contributed by atoms with E-state index < -0.39 is 0 Å². The molecule has 0 saturated carbocycles. The molecular formula is C14H22ClNS. The molecule has 0 aromatic heterocycles. The molecule has 0 radical (unpaired) electrons. The average Bonchev–Trinajstić information content (AvgIpc) is 2.27. The molecule has 96 valence electrons. The first-order chi connectivity index (χ1) is 7.85. The zero-order chi connectivity index (χ0) is 13.1. The van der Waals surface area contributed by atoms with Gasteiger partial charge in [-0.05, 0) is 42.8 Å². The van der Waals surface area contributed by atoms with E-state index in [4.69, 9.17) is 11.6 Å². The Kier molecular flexibility index (Phi) is 5.36. The van der Waals surface area contributed by atoms with Gasteiger partial charge in [-0.2, -0.15) is 12.6 Å².